The molecule has 0 aliphatic rings. The van der Waals surface area contributed by atoms with Crippen LogP contribution < -0.4 is 5.14 Å². The van der Waals surface area contributed by atoms with E-state index >= 15 is 0 Å². The van der Waals surface area contributed by atoms with Crippen molar-refractivity contribution in [3.05, 3.63) is 12.7 Å². The number of nitrogens with two attached hydrogens (primary N) is 1. The average molecular weight is 205 g/mol. The smallest absolute Gasteiger partial charge is 0.211 e. The molecule has 0 heterocycles. The van der Waals surface area contributed by atoms with Gasteiger partial charge in [-0.15, -0.1) is 6.58 Å². The van der Waals surface area contributed by atoms with E-state index in [9.17, 15) is 8.42 Å². The fourth-order valence-electron chi connectivity index (χ4n) is 1.25. The number of primary sulfonamides is 1. The van der Waals surface area contributed by atoms with Crippen molar-refractivity contribution in [3.8, 4) is 0 Å². The van der Waals surface area contributed by atoms with E-state index in [0.717, 1.165) is 0 Å². The first-order valence-electron chi connectivity index (χ1n) is 4.50. The Morgan fingerprint density at radius 2 is 2.00 bits per heavy atom. The highest BCUT2D eigenvalue weighted by atomic mass is 32.2. The van der Waals surface area contributed by atoms with Crippen molar-refractivity contribution in [2.75, 3.05) is 0 Å². The molecule has 13 heavy (non-hydrogen) atoms. The minimum absolute atomic E-state index is 0.355. The fourth-order valence-corrected chi connectivity index (χ4v) is 2.36. The van der Waals surface area contributed by atoms with E-state index in [1.165, 1.54) is 0 Å². The molecule has 0 rings (SSSR count). The molecule has 0 saturated heterocycles. The van der Waals surface area contributed by atoms with Crippen LogP contribution in [-0.4, -0.2) is 13.7 Å². The molecule has 0 fully saturated rings. The van der Waals surface area contributed by atoms with Gasteiger partial charge in [0.25, 0.3) is 0 Å². The third kappa shape index (κ3) is 5.82. The van der Waals surface area contributed by atoms with E-state index < -0.39 is 15.3 Å². The van der Waals surface area contributed by atoms with Gasteiger partial charge in [-0.2, -0.15) is 0 Å². The molecule has 0 aliphatic carbocycles. The van der Waals surface area contributed by atoms with Crippen molar-refractivity contribution in [2.24, 2.45) is 11.1 Å². The lowest BCUT2D eigenvalue weighted by Crippen LogP contribution is -2.29. The van der Waals surface area contributed by atoms with Crippen molar-refractivity contribution in [2.45, 2.75) is 38.4 Å². The second-order valence-corrected chi connectivity index (χ2v) is 5.55. The van der Waals surface area contributed by atoms with Crippen molar-refractivity contribution < 1.29 is 8.42 Å². The topological polar surface area (TPSA) is 60.2 Å². The number of hydrogen-bond acceptors (Lipinski definition) is 2. The normalized spacial score (nSPS) is 14.5. The van der Waals surface area contributed by atoms with Crippen LogP contribution in [0.3, 0.4) is 0 Å². The number of hydrogen-bond donors (Lipinski definition) is 1. The van der Waals surface area contributed by atoms with Gasteiger partial charge in [0.05, 0.1) is 5.25 Å². The third-order valence-corrected chi connectivity index (χ3v) is 3.25. The van der Waals surface area contributed by atoms with E-state index in [-0.39, 0.29) is 0 Å². The van der Waals surface area contributed by atoms with Crippen LogP contribution in [0.4, 0.5) is 0 Å². The Morgan fingerprint density at radius 1 is 1.46 bits per heavy atom. The van der Waals surface area contributed by atoms with Crippen LogP contribution in [0.25, 0.3) is 0 Å². The second kappa shape index (κ2) is 5.40. The van der Waals surface area contributed by atoms with Crippen LogP contribution in [0, 0.1) is 5.92 Å². The zero-order valence-corrected chi connectivity index (χ0v) is 9.18. The van der Waals surface area contributed by atoms with Crippen molar-refractivity contribution >= 4 is 10.0 Å². The zero-order chi connectivity index (χ0) is 10.5. The fraction of sp³-hybridized carbons (Fsp3) is 0.778. The summed E-state index contributed by atoms with van der Waals surface area (Å²) in [6.07, 6.45) is 3.64. The standard InChI is InChI=1S/C9H19NO2S/c1-4-5-6-9(7-8(2)3)13(10,11)12/h4,8-9H,1,5-7H2,2-3H3,(H2,10,11,12)/t9-/m0/s1. The molecular formula is C9H19NO2S. The van der Waals surface area contributed by atoms with Crippen molar-refractivity contribution in [1.29, 1.82) is 0 Å². The summed E-state index contributed by atoms with van der Waals surface area (Å²) < 4.78 is 22.2. The summed E-state index contributed by atoms with van der Waals surface area (Å²) in [4.78, 5) is 0. The highest BCUT2D eigenvalue weighted by Gasteiger charge is 2.21. The van der Waals surface area contributed by atoms with Gasteiger partial charge in [-0.05, 0) is 25.2 Å². The van der Waals surface area contributed by atoms with Crippen LogP contribution >= 0.6 is 0 Å². The molecule has 0 aromatic carbocycles. The number of allylic oxidation sites excluding steroid dienone is 1. The number of sulfonamides is 1. The van der Waals surface area contributed by atoms with Gasteiger partial charge < -0.3 is 0 Å². The Balaban J connectivity index is 4.28. The van der Waals surface area contributed by atoms with E-state index in [0.29, 0.717) is 25.2 Å². The quantitative estimate of drug-likeness (QED) is 0.670. The summed E-state index contributed by atoms with van der Waals surface area (Å²) in [5.74, 6) is 0.355. The minimum Gasteiger partial charge on any atom is -0.228 e. The molecule has 2 N–H and O–H groups in total. The van der Waals surface area contributed by atoms with Gasteiger partial charge in [0.2, 0.25) is 10.0 Å². The Hall–Kier alpha value is -0.350. The molecule has 3 nitrogen and oxygen atoms in total. The summed E-state index contributed by atoms with van der Waals surface area (Å²) in [6.45, 7) is 7.54. The Labute approximate surface area is 81.1 Å². The monoisotopic (exact) mass is 205 g/mol. The van der Waals surface area contributed by atoms with E-state index in [1.54, 1.807) is 6.08 Å². The largest absolute Gasteiger partial charge is 0.228 e. The molecule has 1 atom stereocenters. The van der Waals surface area contributed by atoms with E-state index in [1.807, 2.05) is 13.8 Å². The van der Waals surface area contributed by atoms with Crippen LogP contribution in [0.2, 0.25) is 0 Å². The van der Waals surface area contributed by atoms with Gasteiger partial charge in [-0.3, -0.25) is 0 Å². The van der Waals surface area contributed by atoms with Crippen LogP contribution in [0.5, 0.6) is 0 Å². The zero-order valence-electron chi connectivity index (χ0n) is 8.36. The third-order valence-electron chi connectivity index (χ3n) is 1.89. The highest BCUT2D eigenvalue weighted by Crippen LogP contribution is 2.15. The lowest BCUT2D eigenvalue weighted by molar-refractivity contribution is 0.511. The maximum atomic E-state index is 11.1. The lowest BCUT2D eigenvalue weighted by atomic mass is 10.0. The predicted molar refractivity (Wildman–Crippen MR) is 55.8 cm³/mol. The van der Waals surface area contributed by atoms with Gasteiger partial charge in [0.1, 0.15) is 0 Å². The Morgan fingerprint density at radius 3 is 2.31 bits per heavy atom. The summed E-state index contributed by atoms with van der Waals surface area (Å²) in [5, 5.41) is 4.70. The molecule has 0 amide bonds. The molecule has 0 spiro atoms. The van der Waals surface area contributed by atoms with Crippen LogP contribution in [0.15, 0.2) is 12.7 Å². The van der Waals surface area contributed by atoms with Crippen LogP contribution in [0.1, 0.15) is 33.1 Å². The highest BCUT2D eigenvalue weighted by molar-refractivity contribution is 7.89. The minimum atomic E-state index is -3.38. The maximum Gasteiger partial charge on any atom is 0.211 e. The molecule has 0 saturated carbocycles. The maximum absolute atomic E-state index is 11.1. The average Bonchev–Trinajstić information content (AvgIpc) is 1.95. The van der Waals surface area contributed by atoms with Gasteiger partial charge in [-0.1, -0.05) is 19.9 Å². The summed E-state index contributed by atoms with van der Waals surface area (Å²) in [5.41, 5.74) is 0. The van der Waals surface area contributed by atoms with E-state index in [4.69, 9.17) is 5.14 Å². The summed E-state index contributed by atoms with van der Waals surface area (Å²) in [7, 11) is -3.38. The van der Waals surface area contributed by atoms with E-state index in [2.05, 4.69) is 6.58 Å². The predicted octanol–water partition coefficient (Wildman–Crippen LogP) is 1.66. The first-order chi connectivity index (χ1) is 5.88. The molecule has 0 bridgehead atoms. The molecule has 0 unspecified atom stereocenters. The first kappa shape index (κ1) is 12.7. The molecule has 0 aromatic rings. The van der Waals surface area contributed by atoms with Gasteiger partial charge in [0, 0.05) is 0 Å². The summed E-state index contributed by atoms with van der Waals surface area (Å²) in [6, 6.07) is 0. The molecule has 0 aromatic heterocycles. The van der Waals surface area contributed by atoms with Gasteiger partial charge in [-0.25, -0.2) is 13.6 Å². The molecule has 0 radical (unpaired) electrons. The molecule has 4 heteroatoms. The summed E-state index contributed by atoms with van der Waals surface area (Å²) >= 11 is 0. The second-order valence-electron chi connectivity index (χ2n) is 3.71. The van der Waals surface area contributed by atoms with Gasteiger partial charge >= 0.3 is 0 Å². The Bertz CT molecular complexity index is 244. The lowest BCUT2D eigenvalue weighted by Gasteiger charge is -2.15. The molecule has 0 aliphatic heterocycles. The first-order valence-corrected chi connectivity index (χ1v) is 6.11. The Kier molecular flexibility index (Phi) is 5.25. The van der Waals surface area contributed by atoms with Crippen LogP contribution in [-0.2, 0) is 10.0 Å². The van der Waals surface area contributed by atoms with Crippen molar-refractivity contribution in [1.82, 2.24) is 0 Å². The molecule has 78 valence electrons. The molecular weight excluding hydrogens is 186 g/mol. The SMILES string of the molecule is C=CCC[C@@H](CC(C)C)S(N)(=O)=O. The van der Waals surface area contributed by atoms with Crippen molar-refractivity contribution in [3.63, 3.8) is 0 Å². The van der Waals surface area contributed by atoms with Gasteiger partial charge in [0.15, 0.2) is 0 Å². The number of rotatable bonds is 6.